The quantitative estimate of drug-likeness (QED) is 0.0145. The van der Waals surface area contributed by atoms with Gasteiger partial charge in [-0.05, 0) is 200 Å². The van der Waals surface area contributed by atoms with Gasteiger partial charge in [-0.3, -0.25) is 19.9 Å². The number of fused-ring (bicyclic) bond motifs is 4. The van der Waals surface area contributed by atoms with Crippen LogP contribution >= 0.6 is 0 Å². The number of aryl methyl sites for hydroxylation is 8. The molecule has 0 amide bonds. The molecule has 4 heterocycles. The first-order valence-corrected chi connectivity index (χ1v) is 60.3. The van der Waals surface area contributed by atoms with Gasteiger partial charge in [-0.2, -0.15) is 0 Å². The van der Waals surface area contributed by atoms with Crippen LogP contribution in [0.1, 0.15) is 248 Å². The van der Waals surface area contributed by atoms with Gasteiger partial charge in [0, 0.05) is 104 Å². The van der Waals surface area contributed by atoms with E-state index in [1.54, 1.807) is 37.2 Å². The number of aliphatic hydroxyl groups is 8. The van der Waals surface area contributed by atoms with Crippen LogP contribution in [0.4, 0.5) is 0 Å². The SMILES string of the molecule is CC(C)C(O)=CC(O)C(C)C.CC(C)CC(O)=CC(O)CC(C)C.CC(O)=C(c1ccccc1)C(C)O.CC(O)=CC(C)O.Cc1[c-]c(-c2ccc3c(CC(C)C)cccc3n2)cc(C)c1.Cc1[c-]c(-c2ccc3c([Si](C(C)C)(C(C)C)C(C)C)cccc3n2)cc(C)c1.Cc1[c-]c(-c2ccc3c([Si](C(C)C)(C(C)C)C(C)C)cccc3n2)cc(C)c1.Cc1[c-]c(-c2ccc3c([Si](C)(C)C)cccc3n2)cc(C)c1.[Ir].[Ir].[Ir].[Ir]. The summed E-state index contributed by atoms with van der Waals surface area (Å²) >= 11 is 0. The van der Waals surface area contributed by atoms with Gasteiger partial charge >= 0.3 is 0 Å². The Morgan fingerprint density at radius 1 is 0.345 bits per heavy atom. The van der Waals surface area contributed by atoms with E-state index in [-0.39, 0.29) is 110 Å². The van der Waals surface area contributed by atoms with Crippen LogP contribution in [-0.4, -0.2) is 109 Å². The molecule has 13 aromatic rings. The molecular formula is C129H176Ir4N4O8Si3-4. The molecule has 4 aromatic heterocycles. The maximum atomic E-state index is 9.47. The molecule has 4 unspecified atom stereocenters. The summed E-state index contributed by atoms with van der Waals surface area (Å²) in [6.07, 6.45) is 4.66. The zero-order valence-corrected chi connectivity index (χ0v) is 108. The molecule has 4 radical (unpaired) electrons. The summed E-state index contributed by atoms with van der Waals surface area (Å²) in [5, 5.41) is 83.0. The Morgan fingerprint density at radius 3 is 0.926 bits per heavy atom. The minimum Gasteiger partial charge on any atom is -0.513 e. The van der Waals surface area contributed by atoms with Gasteiger partial charge in [0.1, 0.15) is 0 Å². The van der Waals surface area contributed by atoms with E-state index in [4.69, 9.17) is 30.1 Å². The summed E-state index contributed by atoms with van der Waals surface area (Å²) in [6.45, 7) is 79.8. The van der Waals surface area contributed by atoms with Crippen molar-refractivity contribution >= 4 is 89.0 Å². The Balaban J connectivity index is 0.000000587. The largest absolute Gasteiger partial charge is 0.513 e. The van der Waals surface area contributed by atoms with Crippen LogP contribution in [-0.2, 0) is 86.8 Å². The Kier molecular flexibility index (Phi) is 58.3. The van der Waals surface area contributed by atoms with Gasteiger partial charge in [0.05, 0.1) is 93.7 Å². The predicted octanol–water partition coefficient (Wildman–Crippen LogP) is 32.9. The first-order valence-electron chi connectivity index (χ1n) is 52.3. The van der Waals surface area contributed by atoms with E-state index in [0.29, 0.717) is 75.2 Å². The van der Waals surface area contributed by atoms with Crippen molar-refractivity contribution in [2.75, 3.05) is 0 Å². The number of aromatic nitrogens is 4. The molecule has 0 aliphatic rings. The average Bonchev–Trinajstić information content (AvgIpc) is 0.740. The van der Waals surface area contributed by atoms with Gasteiger partial charge in [0.15, 0.2) is 0 Å². The molecule has 0 fully saturated rings. The summed E-state index contributed by atoms with van der Waals surface area (Å²) < 4.78 is 0. The van der Waals surface area contributed by atoms with Gasteiger partial charge in [-0.25, -0.2) is 0 Å². The number of hydrogen-bond donors (Lipinski definition) is 8. The van der Waals surface area contributed by atoms with Crippen LogP contribution in [0.25, 0.3) is 94.2 Å². The first kappa shape index (κ1) is 136. The van der Waals surface area contributed by atoms with Crippen LogP contribution in [0.3, 0.4) is 0 Å². The smallest absolute Gasteiger partial charge is 0.0955 e. The molecule has 0 aliphatic carbocycles. The van der Waals surface area contributed by atoms with Crippen molar-refractivity contribution in [1.82, 2.24) is 19.9 Å². The normalized spacial score (nSPS) is 12.9. The number of rotatable bonds is 26. The summed E-state index contributed by atoms with van der Waals surface area (Å²) in [6, 6.07) is 84.7. The van der Waals surface area contributed by atoms with Crippen molar-refractivity contribution in [2.24, 2.45) is 29.6 Å². The van der Waals surface area contributed by atoms with Gasteiger partial charge in [0.25, 0.3) is 0 Å². The van der Waals surface area contributed by atoms with E-state index in [9.17, 15) is 30.6 Å². The summed E-state index contributed by atoms with van der Waals surface area (Å²) in [7, 11) is -4.82. The number of allylic oxidation sites excluding steroid dienone is 4. The molecule has 0 aliphatic heterocycles. The van der Waals surface area contributed by atoms with Crippen molar-refractivity contribution in [3.8, 4) is 45.0 Å². The van der Waals surface area contributed by atoms with Crippen LogP contribution < -0.4 is 15.6 Å². The Bertz CT molecular complexity index is 6140. The van der Waals surface area contributed by atoms with Crippen molar-refractivity contribution < 1.29 is 121 Å². The third kappa shape index (κ3) is 40.1. The number of aliphatic hydroxyl groups excluding tert-OH is 8. The Labute approximate surface area is 949 Å². The maximum absolute atomic E-state index is 9.47. The van der Waals surface area contributed by atoms with Crippen LogP contribution in [0.2, 0.25) is 52.9 Å². The second kappa shape index (κ2) is 63.5. The van der Waals surface area contributed by atoms with Gasteiger partial charge < -0.3 is 40.9 Å². The Hall–Kier alpha value is -8.13. The molecule has 0 spiro atoms. The molecule has 0 saturated carbocycles. The van der Waals surface area contributed by atoms with E-state index >= 15 is 0 Å². The fourth-order valence-corrected chi connectivity index (χ4v) is 36.3. The molecular weight excluding hydrogens is 2590 g/mol. The van der Waals surface area contributed by atoms with E-state index in [1.807, 2.05) is 71.9 Å². The monoisotopic (exact) mass is 2770 g/mol. The minimum absolute atomic E-state index is 0. The van der Waals surface area contributed by atoms with Crippen LogP contribution in [0.5, 0.6) is 0 Å². The zero-order valence-electron chi connectivity index (χ0n) is 95.8. The molecule has 0 bridgehead atoms. The molecule has 9 aromatic carbocycles. The molecule has 12 nitrogen and oxygen atoms in total. The molecule has 812 valence electrons. The summed E-state index contributed by atoms with van der Waals surface area (Å²) in [5.74, 6) is 2.71. The van der Waals surface area contributed by atoms with E-state index < -0.39 is 48.6 Å². The van der Waals surface area contributed by atoms with Crippen molar-refractivity contribution in [2.45, 2.75) is 332 Å². The third-order valence-corrected chi connectivity index (χ3v) is 42.8. The summed E-state index contributed by atoms with van der Waals surface area (Å²) in [5.41, 5.74) is 29.4. The molecule has 19 heteroatoms. The number of benzene rings is 9. The van der Waals surface area contributed by atoms with Crippen LogP contribution in [0, 0.1) is 109 Å². The van der Waals surface area contributed by atoms with Crippen molar-refractivity contribution in [1.29, 1.82) is 0 Å². The number of hydrogen-bond acceptors (Lipinski definition) is 12. The molecule has 148 heavy (non-hydrogen) atoms. The predicted molar refractivity (Wildman–Crippen MR) is 628 cm³/mol. The number of nitrogens with zero attached hydrogens (tertiary/aromatic N) is 4. The standard InChI is InChI=1S/2C26H34NSi.C21H22N.C20H22NSi.C11H14O2.C11H22O2.C9H18O2.C5H10O2.4Ir/c2*1-17(2)28(18(3)4,19(5)6)26-11-9-10-25-23(26)12-13-24(27-25)22-15-20(7)14-21(8)16-22;1-14(2)10-17-6-5-7-21-19(17)8-9-20(22-21)18-12-15(3)11-16(4)13-18;1-14-11-15(2)13-16(12-14)18-10-9-17-19(21-18)7-6-8-20(17)22(3,4)5;1-8(12)11(9(2)13)10-6-4-3-5-7-10;1-8(2)5-10(12)7-11(13)6-9(3)4;1-6(2)8(10)5-9(11)7(3)4;1-4(6)3-5(2)7;;;;/h2*9-15,17-19H,1-8H3;5-9,11-12,14H,10H2,1-4H3;6-12H,1-5H3;3-8,12-13H,1-2H3;7-10,12-13H,5-6H2,1-4H3;5-8,10-11H,1-4H3;3-4,6-7H,1-2H3;;;;/q4*-1;;;;;;;;. The maximum Gasteiger partial charge on any atom is 0.0955 e. The third-order valence-electron chi connectivity index (χ3n) is 26.5. The van der Waals surface area contributed by atoms with Gasteiger partial charge in [-0.15, -0.1) is 140 Å². The fourth-order valence-electron chi connectivity index (χ4n) is 20.8. The minimum atomic E-state index is -1.73. The molecule has 13 rings (SSSR count). The second-order valence-corrected chi connectivity index (χ2v) is 61.3. The summed E-state index contributed by atoms with van der Waals surface area (Å²) in [4.78, 5) is 19.9. The fraction of sp³-hybridized carbons (Fsp3) is 0.426. The van der Waals surface area contributed by atoms with Crippen molar-refractivity contribution in [3.63, 3.8) is 0 Å². The molecule has 0 saturated heterocycles. The van der Waals surface area contributed by atoms with Gasteiger partial charge in [-0.1, -0.05) is 360 Å². The topological polar surface area (TPSA) is 213 Å². The molecule has 4 atom stereocenters. The first-order chi connectivity index (χ1) is 67.3. The van der Waals surface area contributed by atoms with Crippen LogP contribution in [0.15, 0.2) is 241 Å². The number of pyridine rings is 4. The van der Waals surface area contributed by atoms with E-state index in [1.165, 1.54) is 73.6 Å². The van der Waals surface area contributed by atoms with Gasteiger partial charge in [0.2, 0.25) is 0 Å². The zero-order chi connectivity index (χ0) is 108. The van der Waals surface area contributed by atoms with Crippen molar-refractivity contribution in [3.05, 3.63) is 321 Å². The average molecular weight is 2760 g/mol. The second-order valence-electron chi connectivity index (χ2n) is 44.6. The van der Waals surface area contributed by atoms with E-state index in [2.05, 4.69) is 380 Å². The van der Waals surface area contributed by atoms with E-state index in [0.717, 1.165) is 101 Å². The Morgan fingerprint density at radius 2 is 0.662 bits per heavy atom. The molecule has 8 N–H and O–H groups in total.